The summed E-state index contributed by atoms with van der Waals surface area (Å²) in [6, 6.07) is 4.26. The van der Waals surface area contributed by atoms with Gasteiger partial charge < -0.3 is 4.90 Å². The second-order valence-electron chi connectivity index (χ2n) is 7.74. The molecule has 2 atom stereocenters. The fourth-order valence-electron chi connectivity index (χ4n) is 4.31. The lowest BCUT2D eigenvalue weighted by Gasteiger charge is -2.25. The molecule has 2 heterocycles. The Morgan fingerprint density at radius 1 is 1.29 bits per heavy atom. The highest BCUT2D eigenvalue weighted by Crippen LogP contribution is 2.42. The minimum absolute atomic E-state index is 0.0340. The quantitative estimate of drug-likeness (QED) is 0.636. The number of halogens is 2. The number of thioether (sulfide) groups is 1. The third kappa shape index (κ3) is 4.31. The van der Waals surface area contributed by atoms with Crippen LogP contribution in [0.4, 0.5) is 10.1 Å². The number of carbonyl (C=O) groups excluding carboxylic acids is 1. The van der Waals surface area contributed by atoms with E-state index in [9.17, 15) is 17.6 Å². The van der Waals surface area contributed by atoms with Crippen molar-refractivity contribution in [3.8, 4) is 0 Å². The number of carbonyl (C=O) groups is 1. The molecular formula is C19H22BrFN2O3S2. The molecule has 2 saturated heterocycles. The van der Waals surface area contributed by atoms with Crippen LogP contribution < -0.4 is 4.90 Å². The summed E-state index contributed by atoms with van der Waals surface area (Å²) in [6.45, 7) is 0. The third-order valence-corrected chi connectivity index (χ3v) is 9.40. The molecule has 0 unspecified atom stereocenters. The average molecular weight is 489 g/mol. The third-order valence-electron chi connectivity index (χ3n) is 5.70. The van der Waals surface area contributed by atoms with Crippen LogP contribution in [0.5, 0.6) is 0 Å². The Bertz CT molecular complexity index is 916. The van der Waals surface area contributed by atoms with Gasteiger partial charge in [-0.2, -0.15) is 4.99 Å². The van der Waals surface area contributed by atoms with Gasteiger partial charge in [-0.05, 0) is 30.5 Å². The average Bonchev–Trinajstić information content (AvgIpc) is 3.29. The molecule has 0 bridgehead atoms. The molecule has 0 N–H and O–H groups in total. The molecule has 4 rings (SSSR count). The molecule has 1 aliphatic carbocycles. The van der Waals surface area contributed by atoms with Gasteiger partial charge in [0, 0.05) is 16.1 Å². The minimum atomic E-state index is -3.17. The maximum Gasteiger partial charge on any atom is 0.248 e. The fraction of sp³-hybridized carbons (Fsp3) is 0.579. The van der Waals surface area contributed by atoms with Gasteiger partial charge in [0.05, 0.1) is 23.2 Å². The number of sulfone groups is 1. The van der Waals surface area contributed by atoms with Crippen molar-refractivity contribution in [3.63, 3.8) is 0 Å². The van der Waals surface area contributed by atoms with E-state index in [0.717, 1.165) is 6.42 Å². The normalized spacial score (nSPS) is 28.2. The monoisotopic (exact) mass is 488 g/mol. The van der Waals surface area contributed by atoms with Crippen LogP contribution in [0, 0.1) is 11.7 Å². The molecule has 5 nitrogen and oxygen atoms in total. The van der Waals surface area contributed by atoms with Crippen LogP contribution in [-0.2, 0) is 14.6 Å². The number of rotatable bonds is 4. The first kappa shape index (κ1) is 20.3. The predicted molar refractivity (Wildman–Crippen MR) is 114 cm³/mol. The summed E-state index contributed by atoms with van der Waals surface area (Å²) in [5.74, 6) is -0.0856. The SMILES string of the molecule is O=C(CCC1CCCC1)N=C1S[C@H]2CS(=O)(=O)C[C@@H]2N1c1ccc(Br)cc1F. The number of aliphatic imine (C=N–C) groups is 1. The molecule has 3 aliphatic rings. The van der Waals surface area contributed by atoms with E-state index in [-0.39, 0.29) is 28.4 Å². The van der Waals surface area contributed by atoms with Gasteiger partial charge in [-0.3, -0.25) is 4.79 Å². The summed E-state index contributed by atoms with van der Waals surface area (Å²) < 4.78 is 39.4. The van der Waals surface area contributed by atoms with E-state index >= 15 is 0 Å². The number of amides is 1. The standard InChI is InChI=1S/C19H22BrFN2O3S2/c20-13-6-7-15(14(21)9-13)23-16-10-28(25,26)11-17(16)27-19(23)22-18(24)8-5-12-3-1-2-4-12/h6-7,9,12,16-17H,1-5,8,10-11H2/t16-,17-/m0/s1. The summed E-state index contributed by atoms with van der Waals surface area (Å²) in [5.41, 5.74) is 0.266. The van der Waals surface area contributed by atoms with Gasteiger partial charge in [-0.25, -0.2) is 12.8 Å². The maximum atomic E-state index is 14.6. The predicted octanol–water partition coefficient (Wildman–Crippen LogP) is 4.16. The van der Waals surface area contributed by atoms with Crippen LogP contribution in [0.15, 0.2) is 27.7 Å². The molecular weight excluding hydrogens is 467 g/mol. The summed E-state index contributed by atoms with van der Waals surface area (Å²) in [6.07, 6.45) is 6.05. The largest absolute Gasteiger partial charge is 0.313 e. The van der Waals surface area contributed by atoms with E-state index in [2.05, 4.69) is 20.9 Å². The van der Waals surface area contributed by atoms with Crippen LogP contribution in [0.1, 0.15) is 38.5 Å². The Morgan fingerprint density at radius 2 is 2.04 bits per heavy atom. The van der Waals surface area contributed by atoms with Gasteiger partial charge in [-0.1, -0.05) is 53.4 Å². The van der Waals surface area contributed by atoms with Crippen LogP contribution in [-0.4, -0.2) is 42.3 Å². The molecule has 28 heavy (non-hydrogen) atoms. The summed E-state index contributed by atoms with van der Waals surface area (Å²) >= 11 is 4.53. The van der Waals surface area contributed by atoms with Crippen molar-refractivity contribution in [3.05, 3.63) is 28.5 Å². The van der Waals surface area contributed by atoms with Crippen molar-refractivity contribution in [1.29, 1.82) is 0 Å². The van der Waals surface area contributed by atoms with Crippen molar-refractivity contribution in [2.75, 3.05) is 16.4 Å². The smallest absolute Gasteiger partial charge is 0.248 e. The number of hydrogen-bond donors (Lipinski definition) is 0. The highest BCUT2D eigenvalue weighted by Gasteiger charge is 2.50. The second kappa shape index (κ2) is 8.07. The van der Waals surface area contributed by atoms with E-state index in [1.165, 1.54) is 43.5 Å². The van der Waals surface area contributed by atoms with Crippen LogP contribution in [0.25, 0.3) is 0 Å². The van der Waals surface area contributed by atoms with Gasteiger partial charge in [-0.15, -0.1) is 0 Å². The summed E-state index contributed by atoms with van der Waals surface area (Å²) in [5, 5.41) is 0.192. The number of benzene rings is 1. The van der Waals surface area contributed by atoms with Crippen molar-refractivity contribution < 1.29 is 17.6 Å². The zero-order chi connectivity index (χ0) is 19.9. The Labute approximate surface area is 177 Å². The van der Waals surface area contributed by atoms with E-state index in [1.807, 2.05) is 0 Å². The van der Waals surface area contributed by atoms with E-state index in [1.54, 1.807) is 17.0 Å². The topological polar surface area (TPSA) is 66.8 Å². The van der Waals surface area contributed by atoms with Crippen LogP contribution >= 0.6 is 27.7 Å². The van der Waals surface area contributed by atoms with E-state index in [0.29, 0.717) is 22.0 Å². The van der Waals surface area contributed by atoms with Gasteiger partial charge in [0.1, 0.15) is 5.82 Å². The maximum absolute atomic E-state index is 14.6. The summed E-state index contributed by atoms with van der Waals surface area (Å²) in [7, 11) is -3.17. The van der Waals surface area contributed by atoms with E-state index < -0.39 is 21.7 Å². The number of hydrogen-bond acceptors (Lipinski definition) is 4. The Hall–Kier alpha value is -0.930. The summed E-state index contributed by atoms with van der Waals surface area (Å²) in [4.78, 5) is 18.4. The van der Waals surface area contributed by atoms with Crippen molar-refractivity contribution >= 4 is 54.3 Å². The van der Waals surface area contributed by atoms with Crippen molar-refractivity contribution in [1.82, 2.24) is 0 Å². The molecule has 2 aliphatic heterocycles. The number of nitrogens with zero attached hydrogens (tertiary/aromatic N) is 2. The molecule has 9 heteroatoms. The first-order chi connectivity index (χ1) is 13.3. The van der Waals surface area contributed by atoms with Crippen molar-refractivity contribution in [2.45, 2.75) is 49.8 Å². The number of fused-ring (bicyclic) bond motifs is 1. The molecule has 0 spiro atoms. The van der Waals surface area contributed by atoms with Crippen molar-refractivity contribution in [2.24, 2.45) is 10.9 Å². The lowest BCUT2D eigenvalue weighted by atomic mass is 10.0. The molecule has 1 amide bonds. The molecule has 0 radical (unpaired) electrons. The fourth-order valence-corrected chi connectivity index (χ4v) is 8.57. The zero-order valence-electron chi connectivity index (χ0n) is 15.3. The van der Waals surface area contributed by atoms with Crippen LogP contribution in [0.3, 0.4) is 0 Å². The molecule has 152 valence electrons. The molecule has 1 saturated carbocycles. The molecule has 1 aromatic carbocycles. The highest BCUT2D eigenvalue weighted by molar-refractivity contribution is 9.10. The van der Waals surface area contributed by atoms with Gasteiger partial charge in [0.2, 0.25) is 5.91 Å². The molecule has 1 aromatic rings. The van der Waals surface area contributed by atoms with Gasteiger partial charge >= 0.3 is 0 Å². The molecule has 3 fully saturated rings. The molecule has 0 aromatic heterocycles. The number of anilines is 1. The first-order valence-electron chi connectivity index (χ1n) is 9.55. The van der Waals surface area contributed by atoms with Gasteiger partial charge in [0.25, 0.3) is 0 Å². The lowest BCUT2D eigenvalue weighted by molar-refractivity contribution is -0.118. The van der Waals surface area contributed by atoms with E-state index in [4.69, 9.17) is 0 Å². The first-order valence-corrected chi connectivity index (χ1v) is 13.0. The zero-order valence-corrected chi connectivity index (χ0v) is 18.5. The lowest BCUT2D eigenvalue weighted by Crippen LogP contribution is -2.38. The Morgan fingerprint density at radius 3 is 2.75 bits per heavy atom. The van der Waals surface area contributed by atoms with Gasteiger partial charge in [0.15, 0.2) is 15.0 Å². The Balaban J connectivity index is 1.58. The second-order valence-corrected chi connectivity index (χ2v) is 12.0. The van der Waals surface area contributed by atoms with Crippen LogP contribution in [0.2, 0.25) is 0 Å². The highest BCUT2D eigenvalue weighted by atomic mass is 79.9. The number of amidine groups is 1. The Kier molecular flexibility index (Phi) is 5.86. The minimum Gasteiger partial charge on any atom is -0.313 e.